The molecule has 1 aliphatic carbocycles. The Morgan fingerprint density at radius 2 is 1.76 bits per heavy atom. The van der Waals surface area contributed by atoms with E-state index in [4.69, 9.17) is 16.6 Å². The van der Waals surface area contributed by atoms with Gasteiger partial charge >= 0.3 is 0 Å². The Hall–Kier alpha value is -2.51. The molecule has 1 saturated heterocycles. The minimum Gasteiger partial charge on any atom is -0.393 e. The number of hydrogen-bond donors (Lipinski definition) is 1. The van der Waals surface area contributed by atoms with Crippen LogP contribution in [0.5, 0.6) is 0 Å². The summed E-state index contributed by atoms with van der Waals surface area (Å²) < 4.78 is 30.4. The van der Waals surface area contributed by atoms with Crippen molar-refractivity contribution in [2.24, 2.45) is 5.92 Å². The molecule has 0 bridgehead atoms. The normalized spacial score (nSPS) is 20.7. The summed E-state index contributed by atoms with van der Waals surface area (Å²) in [6.45, 7) is 1.80. The standard InChI is InChI=1S/C26H29ClF2N4O/c27-23-6-2-1-4-19(23)16-24-30-25(31-33(24)17-20-5-3-13-26(20,28)29)18-7-9-21(10-8-18)32-14-11-22(34)12-15-32/h1-2,4,6-10,20,22,34H,3,5,11-17H2. The molecule has 1 atom stereocenters. The number of rotatable bonds is 6. The maximum Gasteiger partial charge on any atom is 0.252 e. The van der Waals surface area contributed by atoms with Crippen LogP contribution in [0.3, 0.4) is 0 Å². The van der Waals surface area contributed by atoms with Gasteiger partial charge in [-0.05, 0) is 61.6 Å². The highest BCUT2D eigenvalue weighted by atomic mass is 35.5. The van der Waals surface area contributed by atoms with Crippen LogP contribution in [0.1, 0.15) is 43.5 Å². The van der Waals surface area contributed by atoms with Crippen LogP contribution in [0.25, 0.3) is 11.4 Å². The molecular formula is C26H29ClF2N4O. The van der Waals surface area contributed by atoms with Crippen LogP contribution in [0.2, 0.25) is 5.02 Å². The van der Waals surface area contributed by atoms with Gasteiger partial charge in [0.05, 0.1) is 12.6 Å². The first-order chi connectivity index (χ1) is 16.4. The predicted octanol–water partition coefficient (Wildman–Crippen LogP) is 5.59. The number of aromatic nitrogens is 3. The lowest BCUT2D eigenvalue weighted by molar-refractivity contribution is -0.0435. The molecule has 2 fully saturated rings. The largest absolute Gasteiger partial charge is 0.393 e. The maximum absolute atomic E-state index is 14.4. The molecule has 2 aliphatic rings. The van der Waals surface area contributed by atoms with E-state index in [-0.39, 0.29) is 19.1 Å². The number of piperidine rings is 1. The Morgan fingerprint density at radius 3 is 2.44 bits per heavy atom. The average molecular weight is 487 g/mol. The maximum atomic E-state index is 14.4. The monoisotopic (exact) mass is 486 g/mol. The van der Waals surface area contributed by atoms with Gasteiger partial charge in [0.1, 0.15) is 5.82 Å². The van der Waals surface area contributed by atoms with Crippen molar-refractivity contribution >= 4 is 17.3 Å². The summed E-state index contributed by atoms with van der Waals surface area (Å²) in [7, 11) is 0. The summed E-state index contributed by atoms with van der Waals surface area (Å²) in [5.74, 6) is -2.23. The summed E-state index contributed by atoms with van der Waals surface area (Å²) in [4.78, 5) is 7.02. The number of nitrogens with zero attached hydrogens (tertiary/aromatic N) is 4. The average Bonchev–Trinajstić information content (AvgIpc) is 3.38. The van der Waals surface area contributed by atoms with E-state index in [1.165, 1.54) is 0 Å². The number of hydrogen-bond acceptors (Lipinski definition) is 4. The van der Waals surface area contributed by atoms with E-state index < -0.39 is 11.8 Å². The Bertz CT molecular complexity index is 1130. The van der Waals surface area contributed by atoms with Crippen molar-refractivity contribution in [1.29, 1.82) is 0 Å². The molecule has 1 N–H and O–H groups in total. The van der Waals surface area contributed by atoms with Crippen molar-refractivity contribution in [3.63, 3.8) is 0 Å². The fraction of sp³-hybridized carbons (Fsp3) is 0.462. The zero-order chi connectivity index (χ0) is 23.7. The van der Waals surface area contributed by atoms with Gasteiger partial charge in [-0.15, -0.1) is 0 Å². The molecule has 0 amide bonds. The molecule has 34 heavy (non-hydrogen) atoms. The Balaban J connectivity index is 1.42. The first-order valence-corrected chi connectivity index (χ1v) is 12.4. The van der Waals surface area contributed by atoms with E-state index in [0.29, 0.717) is 35.9 Å². The number of aliphatic hydroxyl groups excluding tert-OH is 1. The lowest BCUT2D eigenvalue weighted by Gasteiger charge is -2.31. The third-order valence-corrected chi connectivity index (χ3v) is 7.43. The van der Waals surface area contributed by atoms with Crippen molar-refractivity contribution in [3.8, 4) is 11.4 Å². The third kappa shape index (κ3) is 4.96. The zero-order valence-corrected chi connectivity index (χ0v) is 19.8. The SMILES string of the molecule is OC1CCN(c2ccc(-c3nc(Cc4ccccc4Cl)n(CC4CCCC4(F)F)n3)cc2)CC1. The van der Waals surface area contributed by atoms with Gasteiger partial charge in [-0.25, -0.2) is 18.4 Å². The number of anilines is 1. The Kier molecular flexibility index (Phi) is 6.58. The van der Waals surface area contributed by atoms with Gasteiger partial charge in [0.2, 0.25) is 0 Å². The first kappa shape index (κ1) is 23.2. The lowest BCUT2D eigenvalue weighted by Crippen LogP contribution is -2.35. The van der Waals surface area contributed by atoms with Crippen molar-refractivity contribution in [1.82, 2.24) is 14.8 Å². The molecule has 2 aromatic carbocycles. The zero-order valence-electron chi connectivity index (χ0n) is 19.0. The second kappa shape index (κ2) is 9.62. The van der Waals surface area contributed by atoms with Crippen molar-refractivity contribution in [2.45, 2.75) is 57.1 Å². The van der Waals surface area contributed by atoms with Crippen LogP contribution >= 0.6 is 11.6 Å². The molecule has 1 aromatic heterocycles. The summed E-state index contributed by atoms with van der Waals surface area (Å²) in [6, 6.07) is 15.5. The van der Waals surface area contributed by atoms with Crippen molar-refractivity contribution < 1.29 is 13.9 Å². The molecule has 180 valence electrons. The van der Waals surface area contributed by atoms with Crippen LogP contribution in [0.15, 0.2) is 48.5 Å². The molecule has 1 aliphatic heterocycles. The number of alkyl halides is 2. The molecule has 8 heteroatoms. The smallest absolute Gasteiger partial charge is 0.252 e. The minimum atomic E-state index is -2.67. The predicted molar refractivity (Wildman–Crippen MR) is 129 cm³/mol. The van der Waals surface area contributed by atoms with E-state index in [9.17, 15) is 13.9 Å². The van der Waals surface area contributed by atoms with Crippen LogP contribution in [0.4, 0.5) is 14.5 Å². The fourth-order valence-corrected chi connectivity index (χ4v) is 5.17. The molecule has 1 unspecified atom stereocenters. The van der Waals surface area contributed by atoms with Gasteiger partial charge in [0.25, 0.3) is 5.92 Å². The van der Waals surface area contributed by atoms with E-state index in [2.05, 4.69) is 10.00 Å². The third-order valence-electron chi connectivity index (χ3n) is 7.06. The molecular weight excluding hydrogens is 458 g/mol. The molecule has 1 saturated carbocycles. The lowest BCUT2D eigenvalue weighted by atomic mass is 10.1. The molecule has 0 radical (unpaired) electrons. The minimum absolute atomic E-state index is 0.0615. The molecule has 5 rings (SSSR count). The quantitative estimate of drug-likeness (QED) is 0.493. The van der Waals surface area contributed by atoms with E-state index >= 15 is 0 Å². The second-order valence-electron chi connectivity index (χ2n) is 9.42. The first-order valence-electron chi connectivity index (χ1n) is 12.0. The summed E-state index contributed by atoms with van der Waals surface area (Å²) in [6.07, 6.45) is 2.72. The van der Waals surface area contributed by atoms with Gasteiger partial charge in [-0.1, -0.05) is 29.8 Å². The Labute approximate surface area is 203 Å². The molecule has 5 nitrogen and oxygen atoms in total. The summed E-state index contributed by atoms with van der Waals surface area (Å²) in [5.41, 5.74) is 2.83. The highest BCUT2D eigenvalue weighted by molar-refractivity contribution is 6.31. The van der Waals surface area contributed by atoms with Crippen molar-refractivity contribution in [3.05, 3.63) is 64.9 Å². The van der Waals surface area contributed by atoms with Gasteiger partial charge in [-0.2, -0.15) is 5.10 Å². The number of halogens is 3. The van der Waals surface area contributed by atoms with Crippen LogP contribution < -0.4 is 4.90 Å². The molecule has 3 aromatic rings. The van der Waals surface area contributed by atoms with Crippen LogP contribution in [-0.4, -0.2) is 45.0 Å². The van der Waals surface area contributed by atoms with Gasteiger partial charge in [0.15, 0.2) is 5.82 Å². The van der Waals surface area contributed by atoms with E-state index in [0.717, 1.165) is 42.7 Å². The van der Waals surface area contributed by atoms with Gasteiger partial charge < -0.3 is 10.0 Å². The fourth-order valence-electron chi connectivity index (χ4n) is 4.96. The van der Waals surface area contributed by atoms with E-state index in [1.54, 1.807) is 4.68 Å². The van der Waals surface area contributed by atoms with Gasteiger partial charge in [0, 0.05) is 48.1 Å². The van der Waals surface area contributed by atoms with Gasteiger partial charge in [-0.3, -0.25) is 0 Å². The highest BCUT2D eigenvalue weighted by Crippen LogP contribution is 2.41. The molecule has 2 heterocycles. The van der Waals surface area contributed by atoms with Crippen molar-refractivity contribution in [2.75, 3.05) is 18.0 Å². The Morgan fingerprint density at radius 1 is 1.03 bits per heavy atom. The highest BCUT2D eigenvalue weighted by Gasteiger charge is 2.44. The molecule has 0 spiro atoms. The van der Waals surface area contributed by atoms with Crippen LogP contribution in [-0.2, 0) is 13.0 Å². The topological polar surface area (TPSA) is 54.2 Å². The second-order valence-corrected chi connectivity index (χ2v) is 9.82. The summed E-state index contributed by atoms with van der Waals surface area (Å²) in [5, 5.41) is 15.0. The number of benzene rings is 2. The van der Waals surface area contributed by atoms with E-state index in [1.807, 2.05) is 48.5 Å². The van der Waals surface area contributed by atoms with Crippen LogP contribution in [0, 0.1) is 5.92 Å². The summed E-state index contributed by atoms with van der Waals surface area (Å²) >= 11 is 6.37. The number of aliphatic hydroxyl groups is 1.